The number of pyridine rings is 1. The number of benzene rings is 1. The zero-order valence-electron chi connectivity index (χ0n) is 12.4. The molecule has 2 N–H and O–H groups in total. The number of amides is 1. The van der Waals surface area contributed by atoms with E-state index in [1.165, 1.54) is 6.20 Å². The molecule has 23 heavy (non-hydrogen) atoms. The van der Waals surface area contributed by atoms with E-state index in [2.05, 4.69) is 15.8 Å². The topological polar surface area (TPSA) is 63.2 Å². The van der Waals surface area contributed by atoms with Crippen molar-refractivity contribution in [1.29, 1.82) is 0 Å². The summed E-state index contributed by atoms with van der Waals surface area (Å²) >= 11 is 5.81. The van der Waals surface area contributed by atoms with E-state index in [9.17, 15) is 13.6 Å². The quantitative estimate of drug-likeness (QED) is 0.813. The first-order chi connectivity index (χ1) is 10.9. The van der Waals surface area contributed by atoms with Crippen molar-refractivity contribution in [1.82, 2.24) is 10.5 Å². The molecule has 8 heteroatoms. The summed E-state index contributed by atoms with van der Waals surface area (Å²) in [5.41, 5.74) is 2.29. The Morgan fingerprint density at radius 3 is 2.78 bits per heavy atom. The first-order valence-electron chi connectivity index (χ1n) is 6.73. The Kier molecular flexibility index (Phi) is 5.46. The summed E-state index contributed by atoms with van der Waals surface area (Å²) in [6, 6.07) is 3.62. The summed E-state index contributed by atoms with van der Waals surface area (Å²) in [4.78, 5) is 20.8. The molecule has 0 aliphatic rings. The molecule has 0 radical (unpaired) electrons. The van der Waals surface area contributed by atoms with Crippen molar-refractivity contribution < 1.29 is 18.4 Å². The van der Waals surface area contributed by atoms with Crippen molar-refractivity contribution in [2.45, 2.75) is 13.8 Å². The number of hydrogen-bond acceptors (Lipinski definition) is 4. The zero-order valence-corrected chi connectivity index (χ0v) is 13.2. The van der Waals surface area contributed by atoms with E-state index in [1.54, 1.807) is 19.9 Å². The highest BCUT2D eigenvalue weighted by Crippen LogP contribution is 2.27. The largest absolute Gasteiger partial charge is 0.337 e. The summed E-state index contributed by atoms with van der Waals surface area (Å²) < 4.78 is 27.7. The maximum Gasteiger partial charge on any atom is 0.277 e. The smallest absolute Gasteiger partial charge is 0.277 e. The molecule has 0 spiro atoms. The lowest BCUT2D eigenvalue weighted by atomic mass is 10.1. The van der Waals surface area contributed by atoms with Crippen LogP contribution in [0.25, 0.3) is 0 Å². The molecule has 0 aliphatic heterocycles. The lowest BCUT2D eigenvalue weighted by Gasteiger charge is -2.14. The standard InChI is InChI=1S/C15H14ClF2N3O2/c1-3-23-21-15(22)10-4-5-11(17)12(18)13(10)20-14-8(2)6-9(16)7-19-14/h4-7H,3H2,1-2H3,(H,19,20)(H,21,22). The van der Waals surface area contributed by atoms with E-state index in [4.69, 9.17) is 16.4 Å². The van der Waals surface area contributed by atoms with E-state index in [0.717, 1.165) is 12.1 Å². The van der Waals surface area contributed by atoms with Gasteiger partial charge in [0.15, 0.2) is 11.6 Å². The molecule has 0 aliphatic carbocycles. The van der Waals surface area contributed by atoms with Crippen LogP contribution in [0.1, 0.15) is 22.8 Å². The summed E-state index contributed by atoms with van der Waals surface area (Å²) in [6.45, 7) is 3.60. The minimum absolute atomic E-state index is 0.117. The van der Waals surface area contributed by atoms with Crippen LogP contribution in [0.3, 0.4) is 0 Å². The van der Waals surface area contributed by atoms with Crippen molar-refractivity contribution >= 4 is 29.0 Å². The first-order valence-corrected chi connectivity index (χ1v) is 7.11. The normalized spacial score (nSPS) is 10.5. The van der Waals surface area contributed by atoms with Gasteiger partial charge in [-0.1, -0.05) is 11.6 Å². The molecule has 2 rings (SSSR count). The molecule has 1 aromatic carbocycles. The molecular weight excluding hydrogens is 328 g/mol. The number of anilines is 2. The third-order valence-corrected chi connectivity index (χ3v) is 3.14. The molecular formula is C15H14ClF2N3O2. The molecule has 0 saturated heterocycles. The number of nitrogens with zero attached hydrogens (tertiary/aromatic N) is 1. The number of hydroxylamine groups is 1. The Bertz CT molecular complexity index is 741. The van der Waals surface area contributed by atoms with E-state index < -0.39 is 17.5 Å². The molecule has 0 saturated carbocycles. The fourth-order valence-corrected chi connectivity index (χ4v) is 2.06. The summed E-state index contributed by atoms with van der Waals surface area (Å²) in [5.74, 6) is -2.73. The predicted molar refractivity (Wildman–Crippen MR) is 82.7 cm³/mol. The Morgan fingerprint density at radius 2 is 2.13 bits per heavy atom. The highest BCUT2D eigenvalue weighted by molar-refractivity contribution is 6.30. The van der Waals surface area contributed by atoms with Gasteiger partial charge in [0.05, 0.1) is 22.9 Å². The van der Waals surface area contributed by atoms with Crippen molar-refractivity contribution in [3.8, 4) is 0 Å². The van der Waals surface area contributed by atoms with E-state index >= 15 is 0 Å². The second kappa shape index (κ2) is 7.34. The first kappa shape index (κ1) is 17.1. The summed E-state index contributed by atoms with van der Waals surface area (Å²) in [5, 5.41) is 3.04. The van der Waals surface area contributed by atoms with Crippen LogP contribution >= 0.6 is 11.6 Å². The number of carbonyl (C=O) groups excluding carboxylic acids is 1. The predicted octanol–water partition coefficient (Wildman–Crippen LogP) is 3.75. The molecule has 1 amide bonds. The van der Waals surface area contributed by atoms with Gasteiger partial charge >= 0.3 is 0 Å². The van der Waals surface area contributed by atoms with E-state index in [-0.39, 0.29) is 23.7 Å². The second-order valence-corrected chi connectivity index (χ2v) is 5.03. The molecule has 1 heterocycles. The number of rotatable bonds is 5. The van der Waals surface area contributed by atoms with Crippen LogP contribution in [0.4, 0.5) is 20.3 Å². The Balaban J connectivity index is 2.43. The minimum atomic E-state index is -1.19. The van der Waals surface area contributed by atoms with Crippen molar-refractivity contribution in [3.63, 3.8) is 0 Å². The lowest BCUT2D eigenvalue weighted by molar-refractivity contribution is 0.0365. The van der Waals surface area contributed by atoms with Gasteiger partial charge in [-0.15, -0.1) is 0 Å². The molecule has 0 bridgehead atoms. The van der Waals surface area contributed by atoms with Crippen LogP contribution in [0, 0.1) is 18.6 Å². The van der Waals surface area contributed by atoms with Gasteiger partial charge in [-0.25, -0.2) is 19.2 Å². The Labute approximate surface area is 136 Å². The van der Waals surface area contributed by atoms with E-state index in [0.29, 0.717) is 10.6 Å². The maximum absolute atomic E-state index is 14.1. The maximum atomic E-state index is 14.1. The van der Waals surface area contributed by atoms with Gasteiger partial charge < -0.3 is 5.32 Å². The third-order valence-electron chi connectivity index (χ3n) is 2.94. The van der Waals surface area contributed by atoms with Crippen LogP contribution in [-0.2, 0) is 4.84 Å². The lowest BCUT2D eigenvalue weighted by Crippen LogP contribution is -2.25. The molecule has 5 nitrogen and oxygen atoms in total. The van der Waals surface area contributed by atoms with Gasteiger partial charge in [-0.3, -0.25) is 9.63 Å². The summed E-state index contributed by atoms with van der Waals surface area (Å²) in [6.07, 6.45) is 1.36. The Hall–Kier alpha value is -2.25. The van der Waals surface area contributed by atoms with Crippen LogP contribution in [-0.4, -0.2) is 17.5 Å². The second-order valence-electron chi connectivity index (χ2n) is 4.59. The SMILES string of the molecule is CCONC(=O)c1ccc(F)c(F)c1Nc1ncc(Cl)cc1C. The number of nitrogens with one attached hydrogen (secondary N) is 2. The molecule has 0 atom stereocenters. The average molecular weight is 342 g/mol. The van der Waals surface area contributed by atoms with Gasteiger partial charge in [0.25, 0.3) is 5.91 Å². The molecule has 0 unspecified atom stereocenters. The number of carbonyl (C=O) groups is 1. The van der Waals surface area contributed by atoms with Crippen LogP contribution in [0.15, 0.2) is 24.4 Å². The zero-order chi connectivity index (χ0) is 17.0. The van der Waals surface area contributed by atoms with Crippen LogP contribution < -0.4 is 10.8 Å². The number of halogens is 3. The molecule has 1 aromatic heterocycles. The highest BCUT2D eigenvalue weighted by atomic mass is 35.5. The molecule has 122 valence electrons. The number of hydrogen-bond donors (Lipinski definition) is 2. The van der Waals surface area contributed by atoms with E-state index in [1.807, 2.05) is 0 Å². The highest BCUT2D eigenvalue weighted by Gasteiger charge is 2.20. The van der Waals surface area contributed by atoms with Gasteiger partial charge in [0.1, 0.15) is 5.82 Å². The van der Waals surface area contributed by atoms with Crippen LogP contribution in [0.5, 0.6) is 0 Å². The monoisotopic (exact) mass is 341 g/mol. The van der Waals surface area contributed by atoms with Crippen molar-refractivity contribution in [2.75, 3.05) is 11.9 Å². The van der Waals surface area contributed by atoms with Gasteiger partial charge in [-0.2, -0.15) is 0 Å². The van der Waals surface area contributed by atoms with Crippen molar-refractivity contribution in [2.24, 2.45) is 0 Å². The number of aryl methyl sites for hydroxylation is 1. The number of aromatic nitrogens is 1. The van der Waals surface area contributed by atoms with Crippen LogP contribution in [0.2, 0.25) is 5.02 Å². The third kappa shape index (κ3) is 3.94. The average Bonchev–Trinajstić information content (AvgIpc) is 2.52. The van der Waals surface area contributed by atoms with Crippen molar-refractivity contribution in [3.05, 3.63) is 52.2 Å². The van der Waals surface area contributed by atoms with Gasteiger partial charge in [0.2, 0.25) is 0 Å². The molecule has 0 fully saturated rings. The van der Waals surface area contributed by atoms with Gasteiger partial charge in [-0.05, 0) is 37.6 Å². The van der Waals surface area contributed by atoms with Gasteiger partial charge in [0, 0.05) is 6.20 Å². The fraction of sp³-hybridized carbons (Fsp3) is 0.200. The Morgan fingerprint density at radius 1 is 1.39 bits per heavy atom. The summed E-state index contributed by atoms with van der Waals surface area (Å²) in [7, 11) is 0. The fourth-order valence-electron chi connectivity index (χ4n) is 1.84. The minimum Gasteiger partial charge on any atom is -0.337 e. The molecule has 2 aromatic rings.